The van der Waals surface area contributed by atoms with Crippen molar-refractivity contribution in [1.29, 1.82) is 0 Å². The molecule has 0 saturated carbocycles. The van der Waals surface area contributed by atoms with Crippen LogP contribution in [0.1, 0.15) is 27.7 Å². The molecule has 64 valence electrons. The molecule has 3 heteroatoms. The molecule has 0 fully saturated rings. The summed E-state index contributed by atoms with van der Waals surface area (Å²) in [5.74, 6) is 1.17. The topological polar surface area (TPSA) is 27.6 Å². The van der Waals surface area contributed by atoms with E-state index in [1.165, 1.54) is 5.84 Å². The SMILES string of the molecule is CCN1CNN=C1C(C)(C)C. The molecular weight excluding hydrogens is 138 g/mol. The molecule has 0 amide bonds. The molecule has 3 nitrogen and oxygen atoms in total. The molecule has 0 bridgehead atoms. The molecule has 0 spiro atoms. The van der Waals surface area contributed by atoms with Crippen molar-refractivity contribution in [3.05, 3.63) is 0 Å². The van der Waals surface area contributed by atoms with Gasteiger partial charge in [0, 0.05) is 12.0 Å². The normalized spacial score (nSPS) is 18.2. The molecule has 1 N–H and O–H groups in total. The first-order chi connectivity index (χ1) is 5.05. The molecule has 0 aromatic rings. The van der Waals surface area contributed by atoms with E-state index in [2.05, 4.69) is 43.1 Å². The molecule has 1 aliphatic rings. The van der Waals surface area contributed by atoms with Crippen LogP contribution in [0.4, 0.5) is 0 Å². The molecule has 0 aliphatic carbocycles. The van der Waals surface area contributed by atoms with Crippen LogP contribution in [0.25, 0.3) is 0 Å². The molecule has 0 saturated heterocycles. The first-order valence-electron chi connectivity index (χ1n) is 4.11. The summed E-state index contributed by atoms with van der Waals surface area (Å²) in [6.07, 6.45) is 0. The average Bonchev–Trinajstić information content (AvgIpc) is 2.31. The summed E-state index contributed by atoms with van der Waals surface area (Å²) >= 11 is 0. The van der Waals surface area contributed by atoms with Gasteiger partial charge in [-0.3, -0.25) is 5.43 Å². The summed E-state index contributed by atoms with van der Waals surface area (Å²) in [6, 6.07) is 0. The predicted molar refractivity (Wildman–Crippen MR) is 47.3 cm³/mol. The lowest BCUT2D eigenvalue weighted by Crippen LogP contribution is -2.36. The maximum atomic E-state index is 4.25. The maximum Gasteiger partial charge on any atom is 0.131 e. The lowest BCUT2D eigenvalue weighted by atomic mass is 9.94. The van der Waals surface area contributed by atoms with Gasteiger partial charge in [-0.05, 0) is 6.92 Å². The van der Waals surface area contributed by atoms with Crippen LogP contribution in [0.3, 0.4) is 0 Å². The van der Waals surface area contributed by atoms with Crippen molar-refractivity contribution in [3.8, 4) is 0 Å². The van der Waals surface area contributed by atoms with Gasteiger partial charge in [-0.25, -0.2) is 0 Å². The van der Waals surface area contributed by atoms with Gasteiger partial charge in [-0.2, -0.15) is 5.10 Å². The van der Waals surface area contributed by atoms with Crippen LogP contribution in [-0.2, 0) is 0 Å². The lowest BCUT2D eigenvalue weighted by Gasteiger charge is -2.26. The van der Waals surface area contributed by atoms with Gasteiger partial charge in [0.15, 0.2) is 0 Å². The minimum atomic E-state index is 0.166. The predicted octanol–water partition coefficient (Wildman–Crippen LogP) is 1.23. The summed E-state index contributed by atoms with van der Waals surface area (Å²) in [7, 11) is 0. The third-order valence-electron chi connectivity index (χ3n) is 1.80. The van der Waals surface area contributed by atoms with E-state index in [0.717, 1.165) is 13.2 Å². The zero-order chi connectivity index (χ0) is 8.48. The Morgan fingerprint density at radius 1 is 1.55 bits per heavy atom. The highest BCUT2D eigenvalue weighted by Crippen LogP contribution is 2.20. The fourth-order valence-electron chi connectivity index (χ4n) is 1.24. The first kappa shape index (κ1) is 8.37. The third kappa shape index (κ3) is 1.64. The number of nitrogens with zero attached hydrogens (tertiary/aromatic N) is 2. The molecule has 0 aromatic carbocycles. The van der Waals surface area contributed by atoms with Gasteiger partial charge in [0.25, 0.3) is 0 Å². The standard InChI is InChI=1S/C8H17N3/c1-5-11-6-9-10-7(11)8(2,3)4/h9H,5-6H2,1-4H3. The maximum absolute atomic E-state index is 4.25. The Balaban J connectivity index is 2.71. The van der Waals surface area contributed by atoms with Crippen molar-refractivity contribution < 1.29 is 0 Å². The van der Waals surface area contributed by atoms with Crippen molar-refractivity contribution >= 4 is 5.84 Å². The van der Waals surface area contributed by atoms with Crippen molar-refractivity contribution in [3.63, 3.8) is 0 Å². The van der Waals surface area contributed by atoms with E-state index in [0.29, 0.717) is 0 Å². The number of hydrogen-bond acceptors (Lipinski definition) is 3. The van der Waals surface area contributed by atoms with Crippen LogP contribution < -0.4 is 5.43 Å². The van der Waals surface area contributed by atoms with Gasteiger partial charge in [-0.15, -0.1) is 0 Å². The van der Waals surface area contributed by atoms with E-state index in [9.17, 15) is 0 Å². The molecule has 0 unspecified atom stereocenters. The Hall–Kier alpha value is -0.730. The average molecular weight is 155 g/mol. The highest BCUT2D eigenvalue weighted by atomic mass is 15.5. The summed E-state index contributed by atoms with van der Waals surface area (Å²) in [5, 5.41) is 4.25. The summed E-state index contributed by atoms with van der Waals surface area (Å²) in [6.45, 7) is 10.6. The van der Waals surface area contributed by atoms with E-state index >= 15 is 0 Å². The number of nitrogens with one attached hydrogen (secondary N) is 1. The first-order valence-corrected chi connectivity index (χ1v) is 4.11. The summed E-state index contributed by atoms with van der Waals surface area (Å²) in [4.78, 5) is 2.25. The molecule has 0 atom stereocenters. The monoisotopic (exact) mass is 155 g/mol. The van der Waals surface area contributed by atoms with Gasteiger partial charge in [0.2, 0.25) is 0 Å². The fraction of sp³-hybridized carbons (Fsp3) is 0.875. The van der Waals surface area contributed by atoms with Gasteiger partial charge in [-0.1, -0.05) is 20.8 Å². The minimum absolute atomic E-state index is 0.166. The second-order valence-corrected chi connectivity index (χ2v) is 3.86. The second-order valence-electron chi connectivity index (χ2n) is 3.86. The third-order valence-corrected chi connectivity index (χ3v) is 1.80. The fourth-order valence-corrected chi connectivity index (χ4v) is 1.24. The zero-order valence-corrected chi connectivity index (χ0v) is 7.81. The summed E-state index contributed by atoms with van der Waals surface area (Å²) in [5.41, 5.74) is 3.16. The van der Waals surface area contributed by atoms with Crippen LogP contribution in [-0.4, -0.2) is 23.9 Å². The highest BCUT2D eigenvalue weighted by molar-refractivity contribution is 5.87. The Morgan fingerprint density at radius 2 is 2.18 bits per heavy atom. The van der Waals surface area contributed by atoms with Gasteiger partial charge < -0.3 is 4.90 Å². The lowest BCUT2D eigenvalue weighted by molar-refractivity contribution is 0.403. The molecular formula is C8H17N3. The smallest absolute Gasteiger partial charge is 0.131 e. The molecule has 11 heavy (non-hydrogen) atoms. The molecule has 1 heterocycles. The largest absolute Gasteiger partial charge is 0.340 e. The van der Waals surface area contributed by atoms with E-state index in [1.54, 1.807) is 0 Å². The Morgan fingerprint density at radius 3 is 2.55 bits per heavy atom. The summed E-state index contributed by atoms with van der Waals surface area (Å²) < 4.78 is 0. The van der Waals surface area contributed by atoms with E-state index in [4.69, 9.17) is 0 Å². The van der Waals surface area contributed by atoms with Crippen LogP contribution in [0.15, 0.2) is 5.10 Å². The van der Waals surface area contributed by atoms with Gasteiger partial charge in [0.05, 0.1) is 0 Å². The van der Waals surface area contributed by atoms with E-state index in [1.807, 2.05) is 0 Å². The Bertz CT molecular complexity index is 167. The van der Waals surface area contributed by atoms with Crippen LogP contribution in [0.5, 0.6) is 0 Å². The zero-order valence-electron chi connectivity index (χ0n) is 7.81. The van der Waals surface area contributed by atoms with Crippen LogP contribution >= 0.6 is 0 Å². The van der Waals surface area contributed by atoms with Crippen molar-refractivity contribution in [2.45, 2.75) is 27.7 Å². The second kappa shape index (κ2) is 2.72. The van der Waals surface area contributed by atoms with E-state index < -0.39 is 0 Å². The molecule has 1 aliphatic heterocycles. The Kier molecular flexibility index (Phi) is 2.07. The van der Waals surface area contributed by atoms with Crippen LogP contribution in [0.2, 0.25) is 0 Å². The van der Waals surface area contributed by atoms with Gasteiger partial charge >= 0.3 is 0 Å². The van der Waals surface area contributed by atoms with Crippen molar-refractivity contribution in [2.24, 2.45) is 10.5 Å². The number of rotatable bonds is 1. The van der Waals surface area contributed by atoms with E-state index in [-0.39, 0.29) is 5.41 Å². The van der Waals surface area contributed by atoms with Crippen molar-refractivity contribution in [1.82, 2.24) is 10.3 Å². The van der Waals surface area contributed by atoms with Crippen LogP contribution in [0, 0.1) is 5.41 Å². The highest BCUT2D eigenvalue weighted by Gasteiger charge is 2.26. The minimum Gasteiger partial charge on any atom is -0.340 e. The number of amidine groups is 1. The number of hydrazone groups is 1. The molecule has 0 radical (unpaired) electrons. The Labute approximate surface area is 68.5 Å². The van der Waals surface area contributed by atoms with Crippen molar-refractivity contribution in [2.75, 3.05) is 13.2 Å². The number of hydrogen-bond donors (Lipinski definition) is 1. The molecule has 1 rings (SSSR count). The molecule has 0 aromatic heterocycles. The van der Waals surface area contributed by atoms with Gasteiger partial charge in [0.1, 0.15) is 12.5 Å². The quantitative estimate of drug-likeness (QED) is 0.616.